The Balaban J connectivity index is 1.91. The number of aromatic nitrogens is 3. The van der Waals surface area contributed by atoms with E-state index >= 15 is 0 Å². The molecule has 0 radical (unpaired) electrons. The van der Waals surface area contributed by atoms with Crippen LogP contribution in [0.1, 0.15) is 5.56 Å². The molecule has 0 saturated carbocycles. The van der Waals surface area contributed by atoms with Crippen LogP contribution in [-0.2, 0) is 0 Å². The number of thiazole rings is 1. The quantitative estimate of drug-likeness (QED) is 0.527. The van der Waals surface area contributed by atoms with Gasteiger partial charge in [-0.3, -0.25) is 4.79 Å². The molecule has 2 aromatic carbocycles. The second-order valence-electron chi connectivity index (χ2n) is 5.65. The second kappa shape index (κ2) is 7.02. The van der Waals surface area contributed by atoms with E-state index in [2.05, 4.69) is 10.2 Å². The molecule has 8 heteroatoms. The van der Waals surface area contributed by atoms with Crippen LogP contribution in [0.15, 0.2) is 47.3 Å². The monoisotopic (exact) mass is 399 g/mol. The van der Waals surface area contributed by atoms with Crippen molar-refractivity contribution in [3.63, 3.8) is 0 Å². The van der Waals surface area contributed by atoms with Gasteiger partial charge in [0.05, 0.1) is 23.8 Å². The molecule has 0 unspecified atom stereocenters. The summed E-state index contributed by atoms with van der Waals surface area (Å²) in [5, 5.41) is 8.78. The van der Waals surface area contributed by atoms with E-state index in [4.69, 9.17) is 21.1 Å². The van der Waals surface area contributed by atoms with Gasteiger partial charge in [0, 0.05) is 17.2 Å². The Labute approximate surface area is 163 Å². The van der Waals surface area contributed by atoms with Gasteiger partial charge in [0.2, 0.25) is 4.96 Å². The highest BCUT2D eigenvalue weighted by Crippen LogP contribution is 2.27. The number of benzene rings is 2. The molecule has 0 spiro atoms. The molecule has 0 N–H and O–H groups in total. The number of hydrogen-bond donors (Lipinski definition) is 0. The number of fused-ring (bicyclic) bond motifs is 1. The highest BCUT2D eigenvalue weighted by Gasteiger charge is 2.16. The third-order valence-electron chi connectivity index (χ3n) is 4.09. The summed E-state index contributed by atoms with van der Waals surface area (Å²) in [7, 11) is 3.16. The number of nitrogens with zero attached hydrogens (tertiary/aromatic N) is 3. The lowest BCUT2D eigenvalue weighted by atomic mass is 10.2. The first kappa shape index (κ1) is 17.5. The summed E-state index contributed by atoms with van der Waals surface area (Å²) in [6.45, 7) is 0. The van der Waals surface area contributed by atoms with Crippen molar-refractivity contribution in [2.75, 3.05) is 14.2 Å². The summed E-state index contributed by atoms with van der Waals surface area (Å²) in [6.07, 6.45) is 1.77. The van der Waals surface area contributed by atoms with Gasteiger partial charge in [-0.1, -0.05) is 35.1 Å². The van der Waals surface area contributed by atoms with Gasteiger partial charge < -0.3 is 9.47 Å². The van der Waals surface area contributed by atoms with E-state index in [1.165, 1.54) is 15.7 Å². The zero-order valence-electron chi connectivity index (χ0n) is 14.5. The van der Waals surface area contributed by atoms with Crippen molar-refractivity contribution in [1.82, 2.24) is 14.6 Å². The molecule has 4 aromatic rings. The van der Waals surface area contributed by atoms with Crippen LogP contribution in [0.4, 0.5) is 0 Å². The fourth-order valence-corrected chi connectivity index (χ4v) is 3.88. The van der Waals surface area contributed by atoms with Crippen LogP contribution in [0.2, 0.25) is 5.02 Å². The van der Waals surface area contributed by atoms with Gasteiger partial charge in [-0.15, -0.1) is 10.2 Å². The Morgan fingerprint density at radius 1 is 1.11 bits per heavy atom. The molecular formula is C19H14ClN3O3S. The van der Waals surface area contributed by atoms with Crippen LogP contribution >= 0.6 is 22.9 Å². The van der Waals surface area contributed by atoms with E-state index in [9.17, 15) is 4.79 Å². The summed E-state index contributed by atoms with van der Waals surface area (Å²) in [5.41, 5.74) is 1.23. The van der Waals surface area contributed by atoms with Gasteiger partial charge in [0.25, 0.3) is 5.56 Å². The minimum absolute atomic E-state index is 0.201. The minimum Gasteiger partial charge on any atom is -0.497 e. The molecule has 0 bridgehead atoms. The van der Waals surface area contributed by atoms with E-state index in [1.807, 2.05) is 30.3 Å². The lowest BCUT2D eigenvalue weighted by Crippen LogP contribution is -2.23. The molecule has 0 aliphatic heterocycles. The number of ether oxygens (including phenoxy) is 2. The van der Waals surface area contributed by atoms with E-state index in [0.29, 0.717) is 37.4 Å². The fourth-order valence-electron chi connectivity index (χ4n) is 2.76. The molecule has 0 fully saturated rings. The molecule has 0 atom stereocenters. The molecule has 2 heterocycles. The van der Waals surface area contributed by atoms with Gasteiger partial charge >= 0.3 is 0 Å². The molecule has 0 amide bonds. The average Bonchev–Trinajstić information content (AvgIpc) is 3.23. The van der Waals surface area contributed by atoms with Gasteiger partial charge in [-0.05, 0) is 30.3 Å². The highest BCUT2D eigenvalue weighted by molar-refractivity contribution is 7.15. The van der Waals surface area contributed by atoms with E-state index in [0.717, 1.165) is 5.56 Å². The zero-order chi connectivity index (χ0) is 19.0. The van der Waals surface area contributed by atoms with E-state index in [1.54, 1.807) is 32.4 Å². The van der Waals surface area contributed by atoms with Crippen LogP contribution in [0, 0.1) is 0 Å². The van der Waals surface area contributed by atoms with Gasteiger partial charge in [-0.2, -0.15) is 0 Å². The van der Waals surface area contributed by atoms with E-state index in [-0.39, 0.29) is 5.56 Å². The first-order valence-electron chi connectivity index (χ1n) is 7.99. The molecule has 0 aliphatic carbocycles. The van der Waals surface area contributed by atoms with Crippen LogP contribution in [0.5, 0.6) is 11.5 Å². The summed E-state index contributed by atoms with van der Waals surface area (Å²) in [6, 6.07) is 12.7. The number of halogens is 1. The lowest BCUT2D eigenvalue weighted by molar-refractivity contribution is 0.393. The standard InChI is InChI=1S/C19H14ClN3O3S/c1-25-12-8-7-11(15(10-12)26-2)9-16-18(24)23-17(21-22-19(23)27-16)13-5-3-4-6-14(13)20/h3-10H,1-2H3/b16-9-. The van der Waals surface area contributed by atoms with Gasteiger partial charge in [0.1, 0.15) is 11.5 Å². The van der Waals surface area contributed by atoms with E-state index < -0.39 is 0 Å². The van der Waals surface area contributed by atoms with Crippen LogP contribution < -0.4 is 19.6 Å². The largest absolute Gasteiger partial charge is 0.497 e. The molecule has 6 nitrogen and oxygen atoms in total. The van der Waals surface area contributed by atoms with Crippen molar-refractivity contribution in [3.05, 3.63) is 67.9 Å². The van der Waals surface area contributed by atoms with Crippen molar-refractivity contribution in [2.24, 2.45) is 0 Å². The van der Waals surface area contributed by atoms with Crippen molar-refractivity contribution < 1.29 is 9.47 Å². The molecular weight excluding hydrogens is 386 g/mol. The highest BCUT2D eigenvalue weighted by atomic mass is 35.5. The minimum atomic E-state index is -0.201. The molecule has 27 heavy (non-hydrogen) atoms. The maximum Gasteiger partial charge on any atom is 0.276 e. The molecule has 0 aliphatic rings. The normalized spacial score (nSPS) is 11.9. The Morgan fingerprint density at radius 2 is 1.93 bits per heavy atom. The SMILES string of the molecule is COc1ccc(/C=c2\sc3nnc(-c4ccccc4Cl)n3c2=O)c(OC)c1. The van der Waals surface area contributed by atoms with Crippen molar-refractivity contribution in [3.8, 4) is 22.9 Å². The Morgan fingerprint density at radius 3 is 2.67 bits per heavy atom. The van der Waals surface area contributed by atoms with Crippen molar-refractivity contribution in [2.45, 2.75) is 0 Å². The summed E-state index contributed by atoms with van der Waals surface area (Å²) in [5.74, 6) is 1.72. The number of rotatable bonds is 4. The van der Waals surface area contributed by atoms with Crippen molar-refractivity contribution in [1.29, 1.82) is 0 Å². The van der Waals surface area contributed by atoms with Gasteiger partial charge in [0.15, 0.2) is 5.82 Å². The lowest BCUT2D eigenvalue weighted by Gasteiger charge is -2.06. The third kappa shape index (κ3) is 3.05. The van der Waals surface area contributed by atoms with Crippen molar-refractivity contribution >= 4 is 34.0 Å². The smallest absolute Gasteiger partial charge is 0.276 e. The molecule has 0 saturated heterocycles. The maximum atomic E-state index is 13.0. The summed E-state index contributed by atoms with van der Waals surface area (Å²) < 4.78 is 12.6. The molecule has 136 valence electrons. The predicted octanol–water partition coefficient (Wildman–Crippen LogP) is 3.04. The Bertz CT molecular complexity index is 1250. The Hall–Kier alpha value is -2.90. The second-order valence-corrected chi connectivity index (χ2v) is 7.06. The predicted molar refractivity (Wildman–Crippen MR) is 106 cm³/mol. The average molecular weight is 400 g/mol. The molecule has 2 aromatic heterocycles. The number of methoxy groups -OCH3 is 2. The van der Waals surface area contributed by atoms with Crippen LogP contribution in [0.25, 0.3) is 22.4 Å². The maximum absolute atomic E-state index is 13.0. The van der Waals surface area contributed by atoms with Gasteiger partial charge in [-0.25, -0.2) is 4.40 Å². The first-order valence-corrected chi connectivity index (χ1v) is 9.18. The number of hydrogen-bond acceptors (Lipinski definition) is 6. The summed E-state index contributed by atoms with van der Waals surface area (Å²) in [4.78, 5) is 13.5. The van der Waals surface area contributed by atoms with Crippen LogP contribution in [-0.4, -0.2) is 28.8 Å². The van der Waals surface area contributed by atoms with Crippen LogP contribution in [0.3, 0.4) is 0 Å². The molecule has 4 rings (SSSR count). The first-order chi connectivity index (χ1) is 13.1. The topological polar surface area (TPSA) is 65.7 Å². The fraction of sp³-hybridized carbons (Fsp3) is 0.105. The Kier molecular flexibility index (Phi) is 4.55. The summed E-state index contributed by atoms with van der Waals surface area (Å²) >= 11 is 7.52. The third-order valence-corrected chi connectivity index (χ3v) is 5.38. The zero-order valence-corrected chi connectivity index (χ0v) is 16.0.